The predicted molar refractivity (Wildman–Crippen MR) is 90.9 cm³/mol. The van der Waals surface area contributed by atoms with E-state index in [4.69, 9.17) is 0 Å². The Labute approximate surface area is 145 Å². The molecule has 0 saturated heterocycles. The predicted octanol–water partition coefficient (Wildman–Crippen LogP) is 5.22. The van der Waals surface area contributed by atoms with Crippen molar-refractivity contribution in [1.82, 2.24) is 0 Å². The van der Waals surface area contributed by atoms with Crippen LogP contribution in [-0.2, 0) is 4.79 Å². The minimum Gasteiger partial charge on any atom is -0.368 e. The van der Waals surface area contributed by atoms with Crippen LogP contribution in [0.15, 0.2) is 43.7 Å². The Hall–Kier alpha value is -0.920. The molecule has 1 amide bonds. The maximum atomic E-state index is 13.2. The lowest BCUT2D eigenvalue weighted by Gasteiger charge is -2.16. The molecule has 1 unspecified atom stereocenters. The van der Waals surface area contributed by atoms with E-state index in [1.165, 1.54) is 12.1 Å². The largest absolute Gasteiger partial charge is 0.368 e. The third-order valence-electron chi connectivity index (χ3n) is 3.14. The molecule has 0 aliphatic carbocycles. The molecule has 108 valence electrons. The molecule has 0 spiro atoms. The van der Waals surface area contributed by atoms with E-state index >= 15 is 0 Å². The van der Waals surface area contributed by atoms with Gasteiger partial charge in [0, 0.05) is 24.7 Å². The SMILES string of the molecule is O=C1Nc2cc(F)ccc2C1Nc1c(Br)cc(Br)cc1Br. The molecule has 2 aromatic carbocycles. The lowest BCUT2D eigenvalue weighted by molar-refractivity contribution is -0.116. The molecule has 2 aromatic rings. The molecule has 0 radical (unpaired) electrons. The Kier molecular flexibility index (Phi) is 4.07. The number of amides is 1. The van der Waals surface area contributed by atoms with Crippen LogP contribution in [0.2, 0.25) is 0 Å². The number of rotatable bonds is 2. The van der Waals surface area contributed by atoms with Gasteiger partial charge >= 0.3 is 0 Å². The summed E-state index contributed by atoms with van der Waals surface area (Å²) in [5.41, 5.74) is 1.99. The Morgan fingerprint density at radius 2 is 1.76 bits per heavy atom. The summed E-state index contributed by atoms with van der Waals surface area (Å²) in [5.74, 6) is -0.585. The van der Waals surface area contributed by atoms with Gasteiger partial charge < -0.3 is 10.6 Å². The van der Waals surface area contributed by atoms with Gasteiger partial charge in [-0.3, -0.25) is 4.79 Å². The van der Waals surface area contributed by atoms with Crippen molar-refractivity contribution < 1.29 is 9.18 Å². The van der Waals surface area contributed by atoms with Crippen LogP contribution < -0.4 is 10.6 Å². The molecule has 1 aliphatic rings. The molecule has 1 heterocycles. The number of benzene rings is 2. The van der Waals surface area contributed by atoms with Crippen LogP contribution in [0.5, 0.6) is 0 Å². The summed E-state index contributed by atoms with van der Waals surface area (Å²) in [6.07, 6.45) is 0. The lowest BCUT2D eigenvalue weighted by atomic mass is 10.1. The van der Waals surface area contributed by atoms with Crippen LogP contribution in [-0.4, -0.2) is 5.91 Å². The minimum atomic E-state index is -0.561. The monoisotopic (exact) mass is 476 g/mol. The molecule has 7 heteroatoms. The standard InChI is InChI=1S/C14H8Br3FN2O/c15-6-3-9(16)13(10(17)4-6)20-12-8-2-1-7(18)5-11(8)19-14(12)21/h1-5,12,20H,(H,19,21). The molecule has 0 aromatic heterocycles. The molecule has 0 fully saturated rings. The average molecular weight is 479 g/mol. The van der Waals surface area contributed by atoms with E-state index in [-0.39, 0.29) is 11.7 Å². The number of anilines is 2. The highest BCUT2D eigenvalue weighted by Crippen LogP contribution is 2.39. The Morgan fingerprint density at radius 3 is 2.43 bits per heavy atom. The molecular formula is C14H8Br3FN2O. The summed E-state index contributed by atoms with van der Waals surface area (Å²) in [4.78, 5) is 12.1. The van der Waals surface area contributed by atoms with Gasteiger partial charge in [0.25, 0.3) is 5.91 Å². The summed E-state index contributed by atoms with van der Waals surface area (Å²) >= 11 is 10.3. The summed E-state index contributed by atoms with van der Waals surface area (Å²) < 4.78 is 15.8. The topological polar surface area (TPSA) is 41.1 Å². The maximum absolute atomic E-state index is 13.2. The second kappa shape index (κ2) is 5.70. The van der Waals surface area contributed by atoms with E-state index in [0.29, 0.717) is 5.69 Å². The van der Waals surface area contributed by atoms with E-state index in [9.17, 15) is 9.18 Å². The van der Waals surface area contributed by atoms with Crippen LogP contribution in [0.25, 0.3) is 0 Å². The molecular weight excluding hydrogens is 471 g/mol. The zero-order valence-corrected chi connectivity index (χ0v) is 15.1. The first-order valence-corrected chi connectivity index (χ1v) is 8.35. The summed E-state index contributed by atoms with van der Waals surface area (Å²) in [6.45, 7) is 0. The smallest absolute Gasteiger partial charge is 0.251 e. The molecule has 3 rings (SSSR count). The molecule has 3 nitrogen and oxygen atoms in total. The van der Waals surface area contributed by atoms with Gasteiger partial charge in [0.2, 0.25) is 0 Å². The van der Waals surface area contributed by atoms with Crippen molar-refractivity contribution in [3.63, 3.8) is 0 Å². The number of carbonyl (C=O) groups excluding carboxylic acids is 1. The van der Waals surface area contributed by atoms with Crippen molar-refractivity contribution in [1.29, 1.82) is 0 Å². The highest BCUT2D eigenvalue weighted by Gasteiger charge is 2.31. The average Bonchev–Trinajstić information content (AvgIpc) is 2.68. The second-order valence-corrected chi connectivity index (χ2v) is 7.17. The maximum Gasteiger partial charge on any atom is 0.251 e. The summed E-state index contributed by atoms with van der Waals surface area (Å²) in [5, 5.41) is 5.86. The fourth-order valence-electron chi connectivity index (χ4n) is 2.20. The number of hydrogen-bond donors (Lipinski definition) is 2. The molecule has 21 heavy (non-hydrogen) atoms. The van der Waals surface area contributed by atoms with Crippen molar-refractivity contribution in [2.75, 3.05) is 10.6 Å². The first kappa shape index (κ1) is 15.0. The third kappa shape index (κ3) is 2.86. The zero-order valence-electron chi connectivity index (χ0n) is 10.4. The normalized spacial score (nSPS) is 16.6. The van der Waals surface area contributed by atoms with E-state index in [0.717, 1.165) is 24.7 Å². The summed E-state index contributed by atoms with van der Waals surface area (Å²) in [6, 6.07) is 7.48. The number of carbonyl (C=O) groups is 1. The van der Waals surface area contributed by atoms with Gasteiger partial charge in [0.05, 0.1) is 5.69 Å². The van der Waals surface area contributed by atoms with E-state index in [1.54, 1.807) is 6.07 Å². The zero-order chi connectivity index (χ0) is 15.1. The van der Waals surface area contributed by atoms with Crippen LogP contribution in [0.4, 0.5) is 15.8 Å². The van der Waals surface area contributed by atoms with Crippen molar-refractivity contribution in [2.45, 2.75) is 6.04 Å². The number of nitrogens with one attached hydrogen (secondary N) is 2. The Balaban J connectivity index is 1.99. The molecule has 1 atom stereocenters. The highest BCUT2D eigenvalue weighted by atomic mass is 79.9. The van der Waals surface area contributed by atoms with E-state index in [1.807, 2.05) is 12.1 Å². The first-order chi connectivity index (χ1) is 9.95. The molecule has 2 N–H and O–H groups in total. The van der Waals surface area contributed by atoms with Crippen molar-refractivity contribution in [3.05, 3.63) is 55.1 Å². The van der Waals surface area contributed by atoms with Gasteiger partial charge in [-0.2, -0.15) is 0 Å². The first-order valence-electron chi connectivity index (χ1n) is 5.97. The summed E-state index contributed by atoms with van der Waals surface area (Å²) in [7, 11) is 0. The van der Waals surface area contributed by atoms with Gasteiger partial charge in [-0.25, -0.2) is 4.39 Å². The minimum absolute atomic E-state index is 0.211. The van der Waals surface area contributed by atoms with Crippen LogP contribution in [0, 0.1) is 5.82 Å². The highest BCUT2D eigenvalue weighted by molar-refractivity contribution is 9.11. The van der Waals surface area contributed by atoms with E-state index in [2.05, 4.69) is 58.4 Å². The third-order valence-corrected chi connectivity index (χ3v) is 4.85. The Morgan fingerprint density at radius 1 is 1.10 bits per heavy atom. The quantitative estimate of drug-likeness (QED) is 0.621. The molecule has 0 saturated carbocycles. The van der Waals surface area contributed by atoms with Gasteiger partial charge in [-0.05, 0) is 56.1 Å². The van der Waals surface area contributed by atoms with Crippen LogP contribution in [0.1, 0.15) is 11.6 Å². The van der Waals surface area contributed by atoms with Gasteiger partial charge in [0.1, 0.15) is 11.9 Å². The number of halogens is 4. The lowest BCUT2D eigenvalue weighted by Crippen LogP contribution is -2.20. The fraction of sp³-hybridized carbons (Fsp3) is 0.0714. The van der Waals surface area contributed by atoms with Crippen molar-refractivity contribution in [2.24, 2.45) is 0 Å². The number of hydrogen-bond acceptors (Lipinski definition) is 2. The molecule has 1 aliphatic heterocycles. The van der Waals surface area contributed by atoms with E-state index < -0.39 is 6.04 Å². The van der Waals surface area contributed by atoms with Crippen molar-refractivity contribution in [3.8, 4) is 0 Å². The van der Waals surface area contributed by atoms with Crippen LogP contribution in [0.3, 0.4) is 0 Å². The number of fused-ring (bicyclic) bond motifs is 1. The fourth-order valence-corrected chi connectivity index (χ4v) is 4.69. The Bertz CT molecular complexity index is 728. The van der Waals surface area contributed by atoms with Gasteiger partial charge in [0.15, 0.2) is 0 Å². The van der Waals surface area contributed by atoms with Gasteiger partial charge in [-0.15, -0.1) is 0 Å². The van der Waals surface area contributed by atoms with Gasteiger partial charge in [-0.1, -0.05) is 22.0 Å². The molecule has 0 bridgehead atoms. The second-order valence-electron chi connectivity index (χ2n) is 4.54. The van der Waals surface area contributed by atoms with Crippen molar-refractivity contribution >= 4 is 65.1 Å². The van der Waals surface area contributed by atoms with Crippen LogP contribution >= 0.6 is 47.8 Å².